The van der Waals surface area contributed by atoms with Crippen LogP contribution in [0, 0.1) is 0 Å². The summed E-state index contributed by atoms with van der Waals surface area (Å²) in [6.45, 7) is 4.11. The minimum atomic E-state index is 0.772. The van der Waals surface area contributed by atoms with E-state index in [-0.39, 0.29) is 0 Å². The fraction of sp³-hybridized carbons (Fsp3) is 0.714. The highest BCUT2D eigenvalue weighted by Crippen LogP contribution is 2.25. The highest BCUT2D eigenvalue weighted by molar-refractivity contribution is 5.41. The van der Waals surface area contributed by atoms with E-state index in [1.807, 2.05) is 0 Å². The van der Waals surface area contributed by atoms with Crippen molar-refractivity contribution < 1.29 is 4.74 Å². The summed E-state index contributed by atoms with van der Waals surface area (Å²) in [6, 6.07) is 0. The highest BCUT2D eigenvalue weighted by atomic mass is 16.5. The van der Waals surface area contributed by atoms with Crippen LogP contribution < -0.4 is 15.0 Å². The molecule has 0 saturated carbocycles. The van der Waals surface area contributed by atoms with Crippen molar-refractivity contribution in [3.05, 3.63) is 11.3 Å². The van der Waals surface area contributed by atoms with Gasteiger partial charge >= 0.3 is 0 Å². The predicted molar refractivity (Wildman–Crippen MR) is 74.9 cm³/mol. The standard InChI is InChI=1S/C14H22N4O/c1-19-13-11-5-7-15-8-6-12(11)16-14(17-13)18-9-3-2-4-10-18/h15H,2-10H2,1H3. The molecule has 1 aromatic rings. The molecular weight excluding hydrogens is 240 g/mol. The van der Waals surface area contributed by atoms with E-state index in [4.69, 9.17) is 9.72 Å². The van der Waals surface area contributed by atoms with Gasteiger partial charge in [0.15, 0.2) is 0 Å². The molecule has 0 bridgehead atoms. The van der Waals surface area contributed by atoms with Gasteiger partial charge in [0.2, 0.25) is 11.8 Å². The van der Waals surface area contributed by atoms with Crippen molar-refractivity contribution >= 4 is 5.95 Å². The second-order valence-electron chi connectivity index (χ2n) is 5.26. The molecule has 3 heterocycles. The second-order valence-corrected chi connectivity index (χ2v) is 5.26. The fourth-order valence-electron chi connectivity index (χ4n) is 2.90. The van der Waals surface area contributed by atoms with E-state index in [9.17, 15) is 0 Å². The molecular formula is C14H22N4O. The van der Waals surface area contributed by atoms with Crippen molar-refractivity contribution in [3.8, 4) is 5.88 Å². The lowest BCUT2D eigenvalue weighted by Crippen LogP contribution is -2.31. The number of fused-ring (bicyclic) bond motifs is 1. The van der Waals surface area contributed by atoms with Gasteiger partial charge in [0.1, 0.15) is 0 Å². The Morgan fingerprint density at radius 1 is 1.05 bits per heavy atom. The number of nitrogens with zero attached hydrogens (tertiary/aromatic N) is 3. The lowest BCUT2D eigenvalue weighted by atomic mass is 10.1. The van der Waals surface area contributed by atoms with Gasteiger partial charge in [-0.15, -0.1) is 0 Å². The van der Waals surface area contributed by atoms with Gasteiger partial charge in [0.25, 0.3) is 0 Å². The van der Waals surface area contributed by atoms with E-state index in [1.54, 1.807) is 7.11 Å². The summed E-state index contributed by atoms with van der Waals surface area (Å²) in [7, 11) is 1.71. The minimum Gasteiger partial charge on any atom is -0.481 e. The molecule has 0 spiro atoms. The van der Waals surface area contributed by atoms with Crippen LogP contribution >= 0.6 is 0 Å². The Kier molecular flexibility index (Phi) is 3.82. The van der Waals surface area contributed by atoms with Crippen molar-refractivity contribution in [1.82, 2.24) is 15.3 Å². The third kappa shape index (κ3) is 2.66. The number of hydrogen-bond donors (Lipinski definition) is 1. The van der Waals surface area contributed by atoms with Crippen LogP contribution in [0.2, 0.25) is 0 Å². The molecule has 1 N–H and O–H groups in total. The molecule has 5 nitrogen and oxygen atoms in total. The number of aromatic nitrogens is 2. The molecule has 3 rings (SSSR count). The van der Waals surface area contributed by atoms with E-state index < -0.39 is 0 Å². The summed E-state index contributed by atoms with van der Waals surface area (Å²) in [6.07, 6.45) is 5.73. The molecule has 0 aliphatic carbocycles. The molecule has 0 unspecified atom stereocenters. The lowest BCUT2D eigenvalue weighted by molar-refractivity contribution is 0.389. The van der Waals surface area contributed by atoms with Crippen molar-refractivity contribution in [1.29, 1.82) is 0 Å². The first-order chi connectivity index (χ1) is 9.38. The van der Waals surface area contributed by atoms with Gasteiger partial charge in [-0.3, -0.25) is 0 Å². The molecule has 104 valence electrons. The Balaban J connectivity index is 1.94. The van der Waals surface area contributed by atoms with Gasteiger partial charge in [0, 0.05) is 31.6 Å². The molecule has 5 heteroatoms. The molecule has 1 fully saturated rings. The van der Waals surface area contributed by atoms with Crippen LogP contribution in [0.15, 0.2) is 0 Å². The third-order valence-corrected chi connectivity index (χ3v) is 3.97. The molecule has 0 amide bonds. The fourth-order valence-corrected chi connectivity index (χ4v) is 2.90. The maximum atomic E-state index is 5.49. The average Bonchev–Trinajstić information content (AvgIpc) is 2.72. The Hall–Kier alpha value is -1.36. The van der Waals surface area contributed by atoms with Crippen LogP contribution in [0.1, 0.15) is 30.5 Å². The molecule has 2 aliphatic rings. The number of methoxy groups -OCH3 is 1. The highest BCUT2D eigenvalue weighted by Gasteiger charge is 2.20. The van der Waals surface area contributed by atoms with Crippen LogP contribution in [0.3, 0.4) is 0 Å². The summed E-state index contributed by atoms with van der Waals surface area (Å²) in [4.78, 5) is 11.7. The maximum absolute atomic E-state index is 5.49. The minimum absolute atomic E-state index is 0.772. The SMILES string of the molecule is COc1nc(N2CCCCC2)nc2c1CCNCC2. The van der Waals surface area contributed by atoms with Crippen LogP contribution in [0.25, 0.3) is 0 Å². The zero-order valence-corrected chi connectivity index (χ0v) is 11.6. The number of anilines is 1. The Labute approximate surface area is 114 Å². The Morgan fingerprint density at radius 2 is 1.84 bits per heavy atom. The zero-order chi connectivity index (χ0) is 13.1. The number of hydrogen-bond acceptors (Lipinski definition) is 5. The monoisotopic (exact) mass is 262 g/mol. The van der Waals surface area contributed by atoms with Crippen LogP contribution in [-0.4, -0.2) is 43.3 Å². The largest absolute Gasteiger partial charge is 0.481 e. The summed E-state index contributed by atoms with van der Waals surface area (Å²) in [5.74, 6) is 1.63. The topological polar surface area (TPSA) is 50.3 Å². The molecule has 19 heavy (non-hydrogen) atoms. The number of piperidine rings is 1. The maximum Gasteiger partial charge on any atom is 0.228 e. The van der Waals surface area contributed by atoms with E-state index in [0.29, 0.717) is 0 Å². The van der Waals surface area contributed by atoms with Crippen LogP contribution in [0.5, 0.6) is 5.88 Å². The van der Waals surface area contributed by atoms with Crippen molar-refractivity contribution in [2.75, 3.05) is 38.2 Å². The zero-order valence-electron chi connectivity index (χ0n) is 11.6. The second kappa shape index (κ2) is 5.74. The van der Waals surface area contributed by atoms with Gasteiger partial charge in [0.05, 0.1) is 12.8 Å². The summed E-state index contributed by atoms with van der Waals surface area (Å²) in [5, 5.41) is 3.41. The number of nitrogens with one attached hydrogen (secondary N) is 1. The van der Waals surface area contributed by atoms with Gasteiger partial charge in [-0.1, -0.05) is 0 Å². The molecule has 1 aromatic heterocycles. The van der Waals surface area contributed by atoms with Crippen LogP contribution in [-0.2, 0) is 12.8 Å². The van der Waals surface area contributed by atoms with Crippen molar-refractivity contribution in [3.63, 3.8) is 0 Å². The van der Waals surface area contributed by atoms with E-state index in [2.05, 4.69) is 15.2 Å². The first-order valence-electron chi connectivity index (χ1n) is 7.28. The first-order valence-corrected chi connectivity index (χ1v) is 7.28. The summed E-state index contributed by atoms with van der Waals surface area (Å²) in [5.41, 5.74) is 2.35. The lowest BCUT2D eigenvalue weighted by Gasteiger charge is -2.27. The first kappa shape index (κ1) is 12.7. The Morgan fingerprint density at radius 3 is 2.63 bits per heavy atom. The summed E-state index contributed by atoms with van der Waals surface area (Å²) >= 11 is 0. The van der Waals surface area contributed by atoms with Gasteiger partial charge < -0.3 is 15.0 Å². The number of rotatable bonds is 2. The molecule has 0 atom stereocenters. The van der Waals surface area contributed by atoms with Gasteiger partial charge in [-0.05, 0) is 32.2 Å². The molecule has 0 aromatic carbocycles. The van der Waals surface area contributed by atoms with Gasteiger partial charge in [-0.25, -0.2) is 4.98 Å². The van der Waals surface area contributed by atoms with Crippen molar-refractivity contribution in [2.24, 2.45) is 0 Å². The molecule has 1 saturated heterocycles. The van der Waals surface area contributed by atoms with E-state index in [0.717, 1.165) is 56.5 Å². The van der Waals surface area contributed by atoms with E-state index in [1.165, 1.54) is 24.8 Å². The van der Waals surface area contributed by atoms with Crippen LogP contribution in [0.4, 0.5) is 5.95 Å². The van der Waals surface area contributed by atoms with Crippen molar-refractivity contribution in [2.45, 2.75) is 32.1 Å². The normalized spacial score (nSPS) is 19.7. The smallest absolute Gasteiger partial charge is 0.228 e. The third-order valence-electron chi connectivity index (χ3n) is 3.97. The van der Waals surface area contributed by atoms with E-state index >= 15 is 0 Å². The number of ether oxygens (including phenoxy) is 1. The summed E-state index contributed by atoms with van der Waals surface area (Å²) < 4.78 is 5.49. The Bertz CT molecular complexity index is 443. The predicted octanol–water partition coefficient (Wildman–Crippen LogP) is 1.16. The average molecular weight is 262 g/mol. The quantitative estimate of drug-likeness (QED) is 0.867. The molecule has 0 radical (unpaired) electrons. The van der Waals surface area contributed by atoms with Gasteiger partial charge in [-0.2, -0.15) is 4.98 Å². The molecule has 2 aliphatic heterocycles.